The van der Waals surface area contributed by atoms with E-state index >= 15 is 4.39 Å². The van der Waals surface area contributed by atoms with Crippen LogP contribution in [0.5, 0.6) is 11.8 Å². The van der Waals surface area contributed by atoms with E-state index in [2.05, 4.69) is 32.7 Å². The predicted molar refractivity (Wildman–Crippen MR) is 216 cm³/mol. The quantitative estimate of drug-likeness (QED) is 0.100. The highest BCUT2D eigenvalue weighted by Crippen LogP contribution is 2.43. The van der Waals surface area contributed by atoms with E-state index in [9.17, 15) is 18.7 Å². The molecular formula is C44H42F3N7O4. The lowest BCUT2D eigenvalue weighted by molar-refractivity contribution is -0.104. The third-order valence-corrected chi connectivity index (χ3v) is 11.9. The molecule has 2 N–H and O–H groups in total. The fourth-order valence-corrected chi connectivity index (χ4v) is 9.35. The van der Waals surface area contributed by atoms with Crippen molar-refractivity contribution in [3.05, 3.63) is 90.1 Å². The molecule has 1 amide bonds. The summed E-state index contributed by atoms with van der Waals surface area (Å²) in [5.74, 6) is 1.05. The molecule has 4 atom stereocenters. The SMILES string of the molecule is C#Cc1c(F)ccc2cc(O)cc(-c3ncc4c(N5CC6CCC(C5)N6C(=O)c5ccccc5NC)nc(OCC56CCCN5CC(F)C6)nc4c3F)c12.C=CC=O. The molecule has 9 rings (SSSR count). The van der Waals surface area contributed by atoms with Crippen molar-refractivity contribution in [2.45, 2.75) is 55.9 Å². The molecular weight excluding hydrogens is 748 g/mol. The number of hydrogen-bond acceptors (Lipinski definition) is 10. The summed E-state index contributed by atoms with van der Waals surface area (Å²) in [4.78, 5) is 43.1. The summed E-state index contributed by atoms with van der Waals surface area (Å²) in [5, 5.41) is 14.7. The molecule has 6 heterocycles. The van der Waals surface area contributed by atoms with Crippen LogP contribution in [0.15, 0.2) is 67.4 Å². The minimum Gasteiger partial charge on any atom is -0.508 e. The van der Waals surface area contributed by atoms with Crippen LogP contribution in [-0.2, 0) is 4.79 Å². The second-order valence-electron chi connectivity index (χ2n) is 15.2. The number of rotatable bonds is 8. The van der Waals surface area contributed by atoms with Crippen LogP contribution in [0.2, 0.25) is 0 Å². The zero-order chi connectivity index (χ0) is 40.7. The highest BCUT2D eigenvalue weighted by Gasteiger charge is 2.50. The number of carbonyl (C=O) groups excluding carboxylic acids is 2. The predicted octanol–water partition coefficient (Wildman–Crippen LogP) is 6.67. The molecule has 4 aliphatic heterocycles. The minimum atomic E-state index is -0.961. The van der Waals surface area contributed by atoms with E-state index in [1.54, 1.807) is 7.05 Å². The van der Waals surface area contributed by atoms with Crippen LogP contribution in [0.25, 0.3) is 32.9 Å². The van der Waals surface area contributed by atoms with Crippen molar-refractivity contribution in [1.29, 1.82) is 0 Å². The average molecular weight is 790 g/mol. The number of aromatic nitrogens is 3. The number of amides is 1. The molecule has 0 aliphatic carbocycles. The second-order valence-corrected chi connectivity index (χ2v) is 15.2. The van der Waals surface area contributed by atoms with Gasteiger partial charge < -0.3 is 25.0 Å². The highest BCUT2D eigenvalue weighted by molar-refractivity contribution is 6.03. The Hall–Kier alpha value is -6.20. The molecule has 4 unspecified atom stereocenters. The number of allylic oxidation sites excluding steroid dienone is 1. The first-order valence-corrected chi connectivity index (χ1v) is 19.3. The lowest BCUT2D eigenvalue weighted by Crippen LogP contribution is -2.56. The topological polar surface area (TPSA) is 124 Å². The number of para-hydroxylation sites is 1. The first-order valence-electron chi connectivity index (χ1n) is 19.3. The molecule has 0 spiro atoms. The van der Waals surface area contributed by atoms with Gasteiger partial charge in [0.2, 0.25) is 0 Å². The number of nitrogens with one attached hydrogen (secondary N) is 1. The number of phenolic OH excluding ortho intramolecular Hbond substituents is 1. The highest BCUT2D eigenvalue weighted by atomic mass is 19.1. The van der Waals surface area contributed by atoms with E-state index in [4.69, 9.17) is 20.9 Å². The molecule has 14 heteroatoms. The Morgan fingerprint density at radius 1 is 1.14 bits per heavy atom. The van der Waals surface area contributed by atoms with Crippen LogP contribution < -0.4 is 15.0 Å². The molecule has 5 aromatic rings. The first kappa shape index (κ1) is 38.7. The van der Waals surface area contributed by atoms with Gasteiger partial charge in [0.1, 0.15) is 47.7 Å². The molecule has 4 fully saturated rings. The number of aromatic hydroxyl groups is 1. The summed E-state index contributed by atoms with van der Waals surface area (Å²) in [6.45, 7) is 5.24. The van der Waals surface area contributed by atoms with Crippen molar-refractivity contribution in [3.63, 3.8) is 0 Å². The molecule has 298 valence electrons. The van der Waals surface area contributed by atoms with Crippen LogP contribution in [-0.4, -0.2) is 106 Å². The van der Waals surface area contributed by atoms with Crippen molar-refractivity contribution in [1.82, 2.24) is 24.8 Å². The number of ether oxygens (including phenoxy) is 1. The van der Waals surface area contributed by atoms with Gasteiger partial charge >= 0.3 is 6.01 Å². The van der Waals surface area contributed by atoms with Gasteiger partial charge in [-0.05, 0) is 74.0 Å². The Bertz CT molecular complexity index is 2470. The van der Waals surface area contributed by atoms with Gasteiger partial charge in [-0.15, -0.1) is 6.42 Å². The molecule has 11 nitrogen and oxygen atoms in total. The number of anilines is 2. The number of benzene rings is 3. The summed E-state index contributed by atoms with van der Waals surface area (Å²) in [5.41, 5.74) is 0.610. The minimum absolute atomic E-state index is 0.0507. The normalized spacial score (nSPS) is 22.3. The maximum absolute atomic E-state index is 17.1. The largest absolute Gasteiger partial charge is 0.508 e. The fourth-order valence-electron chi connectivity index (χ4n) is 9.35. The van der Waals surface area contributed by atoms with Gasteiger partial charge in [0.05, 0.1) is 34.1 Å². The van der Waals surface area contributed by atoms with E-state index in [-0.39, 0.29) is 64.1 Å². The Labute approximate surface area is 333 Å². The summed E-state index contributed by atoms with van der Waals surface area (Å²) >= 11 is 0. The molecule has 4 aliphatic rings. The smallest absolute Gasteiger partial charge is 0.319 e. The fraction of sp³-hybridized carbons (Fsp3) is 0.341. The lowest BCUT2D eigenvalue weighted by atomic mass is 9.95. The molecule has 2 aromatic heterocycles. The number of hydrogen-bond donors (Lipinski definition) is 2. The molecule has 2 bridgehead atoms. The Morgan fingerprint density at radius 3 is 2.62 bits per heavy atom. The van der Waals surface area contributed by atoms with Crippen molar-refractivity contribution in [3.8, 4) is 35.4 Å². The van der Waals surface area contributed by atoms with E-state index in [1.165, 1.54) is 36.5 Å². The summed E-state index contributed by atoms with van der Waals surface area (Å²) in [7, 11) is 1.79. The van der Waals surface area contributed by atoms with Crippen molar-refractivity contribution in [2.24, 2.45) is 0 Å². The summed E-state index contributed by atoms with van der Waals surface area (Å²) in [6.07, 6.45) is 11.7. The summed E-state index contributed by atoms with van der Waals surface area (Å²) < 4.78 is 53.0. The van der Waals surface area contributed by atoms with Crippen LogP contribution in [0.4, 0.5) is 24.7 Å². The van der Waals surface area contributed by atoms with Gasteiger partial charge in [0, 0.05) is 55.9 Å². The number of carbonyl (C=O) groups is 2. The van der Waals surface area contributed by atoms with Crippen molar-refractivity contribution in [2.75, 3.05) is 50.1 Å². The van der Waals surface area contributed by atoms with E-state index < -0.39 is 23.3 Å². The third-order valence-electron chi connectivity index (χ3n) is 11.9. The Morgan fingerprint density at radius 2 is 1.90 bits per heavy atom. The monoisotopic (exact) mass is 789 g/mol. The number of nitrogens with zero attached hydrogens (tertiary/aromatic N) is 6. The van der Waals surface area contributed by atoms with Gasteiger partial charge in [0.25, 0.3) is 5.91 Å². The molecule has 4 saturated heterocycles. The lowest BCUT2D eigenvalue weighted by Gasteiger charge is -2.42. The number of alkyl halides is 1. The van der Waals surface area contributed by atoms with Gasteiger partial charge in [-0.25, -0.2) is 13.2 Å². The van der Waals surface area contributed by atoms with E-state index in [0.717, 1.165) is 37.9 Å². The molecule has 0 saturated carbocycles. The van der Waals surface area contributed by atoms with Gasteiger partial charge in [-0.1, -0.05) is 30.7 Å². The van der Waals surface area contributed by atoms with Crippen molar-refractivity contribution >= 4 is 45.4 Å². The van der Waals surface area contributed by atoms with Crippen LogP contribution in [0.3, 0.4) is 0 Å². The van der Waals surface area contributed by atoms with E-state index in [1.807, 2.05) is 34.1 Å². The Kier molecular flexibility index (Phi) is 10.4. The molecule has 0 radical (unpaired) electrons. The van der Waals surface area contributed by atoms with Crippen molar-refractivity contribution < 1.29 is 32.6 Å². The molecule has 58 heavy (non-hydrogen) atoms. The maximum Gasteiger partial charge on any atom is 0.319 e. The van der Waals surface area contributed by atoms with E-state index in [0.29, 0.717) is 54.5 Å². The number of piperazine rings is 1. The number of aldehydes is 1. The zero-order valence-corrected chi connectivity index (χ0v) is 31.9. The van der Waals surface area contributed by atoms with Gasteiger partial charge in [-0.2, -0.15) is 9.97 Å². The first-order chi connectivity index (χ1) is 28.1. The van der Waals surface area contributed by atoms with Crippen LogP contribution in [0, 0.1) is 24.0 Å². The standard InChI is InChI=1S/C41H38F3N7O3.C3H4O/c1-3-28-32(43)12-9-23-15-27(52)16-30(34(23)28)36-35(44)37-31(18-46-36)38(48-40(47-37)54-22-41-13-6-14-50(41)19-24(42)17-41)49-20-25-10-11-26(21-49)51(25)39(53)29-7-4-5-8-33(29)45-2;1-2-3-4/h1,4-5,7-9,12,15-16,18,24-26,45,52H,6,10-11,13-14,17,19-22H2,2H3;2-3H,1H2. The van der Waals surface area contributed by atoms with Gasteiger partial charge in [-0.3, -0.25) is 19.5 Å². The summed E-state index contributed by atoms with van der Waals surface area (Å²) in [6, 6.07) is 12.5. The zero-order valence-electron chi connectivity index (χ0n) is 31.9. The average Bonchev–Trinajstić information content (AvgIpc) is 3.85. The van der Waals surface area contributed by atoms with Gasteiger partial charge in [0.15, 0.2) is 5.82 Å². The number of phenols is 1. The number of pyridine rings is 1. The van der Waals surface area contributed by atoms with Crippen LogP contribution >= 0.6 is 0 Å². The molecule has 3 aromatic carbocycles. The van der Waals surface area contributed by atoms with Crippen LogP contribution in [0.1, 0.15) is 48.0 Å². The number of terminal acetylenes is 1. The second kappa shape index (κ2) is 15.6. The maximum atomic E-state index is 17.1. The number of halogens is 3. The Balaban J connectivity index is 0.00000112. The third kappa shape index (κ3) is 6.72. The number of fused-ring (bicyclic) bond motifs is 5.